The van der Waals surface area contributed by atoms with Crippen molar-refractivity contribution in [2.75, 3.05) is 7.11 Å². The van der Waals surface area contributed by atoms with Crippen LogP contribution in [0, 0.1) is 9.39 Å². The fourth-order valence-corrected chi connectivity index (χ4v) is 1.75. The fraction of sp³-hybridized carbons (Fsp3) is 0.100. The van der Waals surface area contributed by atoms with Crippen molar-refractivity contribution in [2.45, 2.75) is 0 Å². The molecule has 0 bridgehead atoms. The molecular formula is C10H7FINO. The van der Waals surface area contributed by atoms with E-state index in [4.69, 9.17) is 4.74 Å². The number of benzene rings is 1. The van der Waals surface area contributed by atoms with Crippen LogP contribution in [-0.4, -0.2) is 12.1 Å². The highest BCUT2D eigenvalue weighted by Crippen LogP contribution is 2.26. The van der Waals surface area contributed by atoms with E-state index in [0.717, 1.165) is 3.57 Å². The zero-order chi connectivity index (χ0) is 10.1. The van der Waals surface area contributed by atoms with Crippen LogP contribution in [0.3, 0.4) is 0 Å². The van der Waals surface area contributed by atoms with Gasteiger partial charge in [-0.3, -0.25) is 4.98 Å². The topological polar surface area (TPSA) is 22.1 Å². The summed E-state index contributed by atoms with van der Waals surface area (Å²) in [5.41, 5.74) is 0.563. The SMILES string of the molecule is COc1ccc(F)c2cc(I)cnc12. The maximum absolute atomic E-state index is 13.4. The normalized spacial score (nSPS) is 10.5. The van der Waals surface area contributed by atoms with E-state index in [-0.39, 0.29) is 5.82 Å². The predicted molar refractivity (Wildman–Crippen MR) is 61.0 cm³/mol. The Bertz CT molecular complexity index is 487. The Labute approximate surface area is 94.2 Å². The Morgan fingerprint density at radius 2 is 2.21 bits per heavy atom. The summed E-state index contributed by atoms with van der Waals surface area (Å²) in [7, 11) is 1.55. The highest BCUT2D eigenvalue weighted by Gasteiger charge is 2.07. The van der Waals surface area contributed by atoms with Gasteiger partial charge < -0.3 is 4.74 Å². The maximum atomic E-state index is 13.4. The molecule has 0 unspecified atom stereocenters. The van der Waals surface area contributed by atoms with Crippen molar-refractivity contribution < 1.29 is 9.13 Å². The smallest absolute Gasteiger partial charge is 0.145 e. The third-order valence-corrected chi connectivity index (χ3v) is 2.54. The molecular weight excluding hydrogens is 296 g/mol. The van der Waals surface area contributed by atoms with Gasteiger partial charge in [0.05, 0.1) is 7.11 Å². The first-order chi connectivity index (χ1) is 6.72. The molecule has 2 nitrogen and oxygen atoms in total. The summed E-state index contributed by atoms with van der Waals surface area (Å²) < 4.78 is 19.4. The minimum atomic E-state index is -0.271. The van der Waals surface area contributed by atoms with E-state index in [1.54, 1.807) is 25.4 Å². The Kier molecular flexibility index (Phi) is 2.54. The zero-order valence-electron chi connectivity index (χ0n) is 7.42. The first kappa shape index (κ1) is 9.64. The number of rotatable bonds is 1. The lowest BCUT2D eigenvalue weighted by atomic mass is 10.2. The molecule has 0 amide bonds. The van der Waals surface area contributed by atoms with E-state index in [1.165, 1.54) is 6.07 Å². The summed E-state index contributed by atoms with van der Waals surface area (Å²) in [5, 5.41) is 0.497. The maximum Gasteiger partial charge on any atom is 0.145 e. The van der Waals surface area contributed by atoms with E-state index in [0.29, 0.717) is 16.7 Å². The van der Waals surface area contributed by atoms with Crippen molar-refractivity contribution in [1.82, 2.24) is 4.98 Å². The molecule has 2 rings (SSSR count). The Morgan fingerprint density at radius 3 is 2.93 bits per heavy atom. The lowest BCUT2D eigenvalue weighted by molar-refractivity contribution is 0.418. The van der Waals surface area contributed by atoms with E-state index in [9.17, 15) is 4.39 Å². The summed E-state index contributed by atoms with van der Waals surface area (Å²) >= 11 is 2.10. The number of aromatic nitrogens is 1. The molecule has 0 radical (unpaired) electrons. The van der Waals surface area contributed by atoms with Crippen molar-refractivity contribution in [3.8, 4) is 5.75 Å². The zero-order valence-corrected chi connectivity index (χ0v) is 9.58. The molecule has 0 saturated heterocycles. The highest BCUT2D eigenvalue weighted by molar-refractivity contribution is 14.1. The van der Waals surface area contributed by atoms with Crippen LogP contribution in [0.4, 0.5) is 4.39 Å². The number of ether oxygens (including phenoxy) is 1. The molecule has 1 aromatic heterocycles. The van der Waals surface area contributed by atoms with Crippen molar-refractivity contribution in [2.24, 2.45) is 0 Å². The molecule has 0 aliphatic heterocycles. The number of halogens is 2. The minimum Gasteiger partial charge on any atom is -0.494 e. The molecule has 0 fully saturated rings. The van der Waals surface area contributed by atoms with Crippen LogP contribution in [0.2, 0.25) is 0 Å². The van der Waals surface area contributed by atoms with Gasteiger partial charge >= 0.3 is 0 Å². The van der Waals surface area contributed by atoms with Gasteiger partial charge in [-0.25, -0.2) is 4.39 Å². The number of fused-ring (bicyclic) bond motifs is 1. The van der Waals surface area contributed by atoms with Crippen LogP contribution in [0.1, 0.15) is 0 Å². The highest BCUT2D eigenvalue weighted by atomic mass is 127. The summed E-state index contributed by atoms with van der Waals surface area (Å²) in [6, 6.07) is 4.72. The van der Waals surface area contributed by atoms with E-state index in [1.807, 2.05) is 0 Å². The first-order valence-corrected chi connectivity index (χ1v) is 5.08. The van der Waals surface area contributed by atoms with Gasteiger partial charge in [0.25, 0.3) is 0 Å². The van der Waals surface area contributed by atoms with Gasteiger partial charge in [0, 0.05) is 15.2 Å². The van der Waals surface area contributed by atoms with Gasteiger partial charge in [-0.1, -0.05) is 0 Å². The molecule has 1 aromatic carbocycles. The van der Waals surface area contributed by atoms with Gasteiger partial charge in [-0.05, 0) is 40.8 Å². The number of nitrogens with zero attached hydrogens (tertiary/aromatic N) is 1. The standard InChI is InChI=1S/C10H7FINO/c1-14-9-3-2-8(11)7-4-6(12)5-13-10(7)9/h2-5H,1H3. The lowest BCUT2D eigenvalue weighted by Crippen LogP contribution is -1.90. The van der Waals surface area contributed by atoms with Gasteiger partial charge in [0.2, 0.25) is 0 Å². The number of hydrogen-bond acceptors (Lipinski definition) is 2. The molecule has 0 saturated carbocycles. The molecule has 0 aliphatic rings. The number of hydrogen-bond donors (Lipinski definition) is 0. The van der Waals surface area contributed by atoms with Gasteiger partial charge in [-0.2, -0.15) is 0 Å². The Morgan fingerprint density at radius 1 is 1.43 bits per heavy atom. The molecule has 0 spiro atoms. The molecule has 4 heteroatoms. The van der Waals surface area contributed by atoms with Crippen LogP contribution in [-0.2, 0) is 0 Å². The van der Waals surface area contributed by atoms with Gasteiger partial charge in [0.1, 0.15) is 17.1 Å². The van der Waals surface area contributed by atoms with E-state index in [2.05, 4.69) is 27.6 Å². The summed E-state index contributed by atoms with van der Waals surface area (Å²) in [4.78, 5) is 4.14. The third-order valence-electron chi connectivity index (χ3n) is 1.95. The Hall–Kier alpha value is -0.910. The summed E-state index contributed by atoms with van der Waals surface area (Å²) in [5.74, 6) is 0.324. The summed E-state index contributed by atoms with van der Waals surface area (Å²) in [6.07, 6.45) is 1.69. The van der Waals surface area contributed by atoms with Gasteiger partial charge in [0.15, 0.2) is 0 Å². The molecule has 0 aliphatic carbocycles. The molecule has 0 atom stereocenters. The average molecular weight is 303 g/mol. The van der Waals surface area contributed by atoms with Crippen molar-refractivity contribution in [1.29, 1.82) is 0 Å². The predicted octanol–water partition coefficient (Wildman–Crippen LogP) is 2.99. The van der Waals surface area contributed by atoms with Crippen LogP contribution in [0.25, 0.3) is 10.9 Å². The van der Waals surface area contributed by atoms with Crippen molar-refractivity contribution in [3.05, 3.63) is 33.8 Å². The van der Waals surface area contributed by atoms with Crippen LogP contribution in [0.5, 0.6) is 5.75 Å². The fourth-order valence-electron chi connectivity index (χ4n) is 1.30. The van der Waals surface area contributed by atoms with E-state index >= 15 is 0 Å². The second kappa shape index (κ2) is 3.68. The quantitative estimate of drug-likeness (QED) is 0.756. The molecule has 2 aromatic rings. The number of methoxy groups -OCH3 is 1. The summed E-state index contributed by atoms with van der Waals surface area (Å²) in [6.45, 7) is 0. The molecule has 0 N–H and O–H groups in total. The largest absolute Gasteiger partial charge is 0.494 e. The monoisotopic (exact) mass is 303 g/mol. The van der Waals surface area contributed by atoms with Crippen LogP contribution in [0.15, 0.2) is 24.4 Å². The lowest BCUT2D eigenvalue weighted by Gasteiger charge is -2.05. The number of pyridine rings is 1. The molecule has 14 heavy (non-hydrogen) atoms. The second-order valence-corrected chi connectivity index (χ2v) is 4.04. The Balaban J connectivity index is 2.84. The third kappa shape index (κ3) is 1.54. The average Bonchev–Trinajstić information content (AvgIpc) is 2.19. The van der Waals surface area contributed by atoms with Crippen LogP contribution >= 0.6 is 22.6 Å². The van der Waals surface area contributed by atoms with Crippen LogP contribution < -0.4 is 4.74 Å². The minimum absolute atomic E-state index is 0.271. The molecule has 1 heterocycles. The van der Waals surface area contributed by atoms with Crippen molar-refractivity contribution >= 4 is 33.5 Å². The second-order valence-electron chi connectivity index (χ2n) is 2.80. The van der Waals surface area contributed by atoms with Gasteiger partial charge in [-0.15, -0.1) is 0 Å². The molecule has 72 valence electrons. The first-order valence-electron chi connectivity index (χ1n) is 4.00. The van der Waals surface area contributed by atoms with E-state index < -0.39 is 0 Å². The van der Waals surface area contributed by atoms with Crippen molar-refractivity contribution in [3.63, 3.8) is 0 Å².